The number of hydrogen-bond acceptors (Lipinski definition) is 1. The van der Waals surface area contributed by atoms with Crippen LogP contribution in [0.1, 0.15) is 0 Å². The summed E-state index contributed by atoms with van der Waals surface area (Å²) in [4.78, 5) is 2.44. The second-order valence-corrected chi connectivity index (χ2v) is 16.4. The Balaban J connectivity index is 1.10. The van der Waals surface area contributed by atoms with Gasteiger partial charge in [-0.15, -0.1) is 0 Å². The van der Waals surface area contributed by atoms with Gasteiger partial charge < -0.3 is 4.90 Å². The van der Waals surface area contributed by atoms with Gasteiger partial charge in [-0.3, -0.25) is 0 Å². The zero-order chi connectivity index (χ0) is 43.4. The lowest BCUT2D eigenvalue weighted by atomic mass is 9.86. The van der Waals surface area contributed by atoms with Crippen LogP contribution in [0.25, 0.3) is 88.7 Å². The molecule has 0 N–H and O–H groups in total. The van der Waals surface area contributed by atoms with Gasteiger partial charge in [0.1, 0.15) is 0 Å². The summed E-state index contributed by atoms with van der Waals surface area (Å²) in [7, 11) is 0. The first-order chi connectivity index (χ1) is 32.3. The molecule has 0 spiro atoms. The molecule has 1 nitrogen and oxygen atoms in total. The quantitative estimate of drug-likeness (QED) is 0.133. The summed E-state index contributed by atoms with van der Waals surface area (Å²) in [5.41, 5.74) is 19.9. The van der Waals surface area contributed by atoms with Gasteiger partial charge in [-0.05, 0) is 119 Å². The molecule has 306 valence electrons. The third-order valence-electron chi connectivity index (χ3n) is 12.5. The van der Waals surface area contributed by atoms with E-state index in [1.165, 1.54) is 77.5 Å². The molecule has 0 aliphatic carbocycles. The summed E-state index contributed by atoms with van der Waals surface area (Å²) in [6.07, 6.45) is 0. The molecule has 0 radical (unpaired) electrons. The molecule has 0 atom stereocenters. The fraction of sp³-hybridized carbons (Fsp3) is 0. The standard InChI is InChI=1S/C64H45N/c1-5-20-48(21-6-1)57-29-15-17-31-60(57)61-32-18-16-30-58(61)50-37-41-56(42-38-50)65(55-39-35-47(36-40-55)54-34-33-46-19-13-14-28-53(46)45-54)62-44-43-59(49-22-7-2-8-23-49)63(51-24-9-3-10-25-51)64(62)52-26-11-4-12-27-52/h1-45H. The summed E-state index contributed by atoms with van der Waals surface area (Å²) < 4.78 is 0. The van der Waals surface area contributed by atoms with Crippen molar-refractivity contribution in [3.05, 3.63) is 273 Å². The van der Waals surface area contributed by atoms with Gasteiger partial charge >= 0.3 is 0 Å². The largest absolute Gasteiger partial charge is 0.310 e. The Bertz CT molecular complexity index is 3380. The minimum absolute atomic E-state index is 1.07. The molecule has 1 heteroatoms. The van der Waals surface area contributed by atoms with E-state index < -0.39 is 0 Å². The maximum atomic E-state index is 2.44. The highest BCUT2D eigenvalue weighted by Gasteiger charge is 2.24. The van der Waals surface area contributed by atoms with Crippen LogP contribution in [0.15, 0.2) is 273 Å². The first-order valence-corrected chi connectivity index (χ1v) is 22.3. The Kier molecular flexibility index (Phi) is 10.7. The molecule has 11 aromatic rings. The highest BCUT2D eigenvalue weighted by atomic mass is 15.1. The average Bonchev–Trinajstić information content (AvgIpc) is 3.40. The van der Waals surface area contributed by atoms with Crippen LogP contribution < -0.4 is 4.90 Å². The molecule has 0 bridgehead atoms. The molecular weight excluding hydrogens is 783 g/mol. The van der Waals surface area contributed by atoms with Crippen LogP contribution in [0.4, 0.5) is 17.1 Å². The summed E-state index contributed by atoms with van der Waals surface area (Å²) in [5, 5.41) is 2.48. The summed E-state index contributed by atoms with van der Waals surface area (Å²) >= 11 is 0. The van der Waals surface area contributed by atoms with Crippen molar-refractivity contribution in [1.29, 1.82) is 0 Å². The zero-order valence-corrected chi connectivity index (χ0v) is 35.9. The molecule has 0 unspecified atom stereocenters. The number of nitrogens with zero attached hydrogens (tertiary/aromatic N) is 1. The maximum absolute atomic E-state index is 2.44. The predicted octanol–water partition coefficient (Wildman–Crippen LogP) is 18.0. The Morgan fingerprint density at radius 2 is 0.585 bits per heavy atom. The van der Waals surface area contributed by atoms with E-state index in [1.54, 1.807) is 0 Å². The fourth-order valence-electron chi connectivity index (χ4n) is 9.38. The number of benzene rings is 11. The molecule has 0 heterocycles. The Morgan fingerprint density at radius 1 is 0.200 bits per heavy atom. The van der Waals surface area contributed by atoms with Crippen molar-refractivity contribution in [2.75, 3.05) is 4.90 Å². The molecule has 0 amide bonds. The fourth-order valence-corrected chi connectivity index (χ4v) is 9.38. The van der Waals surface area contributed by atoms with Crippen LogP contribution in [0.2, 0.25) is 0 Å². The summed E-state index contributed by atoms with van der Waals surface area (Å²) in [5.74, 6) is 0. The Labute approximate surface area is 381 Å². The molecular formula is C64H45N. The van der Waals surface area contributed by atoms with E-state index in [9.17, 15) is 0 Å². The van der Waals surface area contributed by atoms with Gasteiger partial charge in [0.05, 0.1) is 5.69 Å². The lowest BCUT2D eigenvalue weighted by Gasteiger charge is -2.30. The number of anilines is 3. The van der Waals surface area contributed by atoms with Crippen LogP contribution >= 0.6 is 0 Å². The first-order valence-electron chi connectivity index (χ1n) is 22.3. The normalized spacial score (nSPS) is 11.1. The van der Waals surface area contributed by atoms with Gasteiger partial charge in [-0.2, -0.15) is 0 Å². The zero-order valence-electron chi connectivity index (χ0n) is 35.9. The van der Waals surface area contributed by atoms with Crippen molar-refractivity contribution in [3.8, 4) is 77.9 Å². The van der Waals surface area contributed by atoms with Crippen molar-refractivity contribution in [2.45, 2.75) is 0 Å². The lowest BCUT2D eigenvalue weighted by molar-refractivity contribution is 1.28. The van der Waals surface area contributed by atoms with E-state index in [0.29, 0.717) is 0 Å². The lowest BCUT2D eigenvalue weighted by Crippen LogP contribution is -2.12. The van der Waals surface area contributed by atoms with Crippen LogP contribution in [-0.4, -0.2) is 0 Å². The summed E-state index contributed by atoms with van der Waals surface area (Å²) in [6, 6.07) is 98.9. The molecule has 0 aliphatic rings. The highest BCUT2D eigenvalue weighted by Crippen LogP contribution is 2.50. The molecule has 0 fully saturated rings. The van der Waals surface area contributed by atoms with E-state index in [2.05, 4.69) is 278 Å². The Morgan fingerprint density at radius 3 is 1.12 bits per heavy atom. The molecule has 0 saturated heterocycles. The first kappa shape index (κ1) is 39.3. The van der Waals surface area contributed by atoms with Gasteiger partial charge in [0.15, 0.2) is 0 Å². The maximum Gasteiger partial charge on any atom is 0.0546 e. The topological polar surface area (TPSA) is 3.24 Å². The van der Waals surface area contributed by atoms with E-state index in [0.717, 1.165) is 28.2 Å². The van der Waals surface area contributed by atoms with Gasteiger partial charge in [-0.1, -0.05) is 237 Å². The second kappa shape index (κ2) is 17.7. The highest BCUT2D eigenvalue weighted by molar-refractivity contribution is 6.03. The van der Waals surface area contributed by atoms with E-state index in [1.807, 2.05) is 0 Å². The minimum atomic E-state index is 1.07. The molecule has 65 heavy (non-hydrogen) atoms. The van der Waals surface area contributed by atoms with Crippen molar-refractivity contribution < 1.29 is 0 Å². The van der Waals surface area contributed by atoms with Crippen LogP contribution in [0, 0.1) is 0 Å². The monoisotopic (exact) mass is 827 g/mol. The third-order valence-corrected chi connectivity index (χ3v) is 12.5. The molecule has 0 aromatic heterocycles. The molecule has 11 aromatic carbocycles. The van der Waals surface area contributed by atoms with Crippen molar-refractivity contribution in [1.82, 2.24) is 0 Å². The number of rotatable bonds is 10. The number of hydrogen-bond donors (Lipinski definition) is 0. The number of fused-ring (bicyclic) bond motifs is 1. The molecule has 0 aliphatic heterocycles. The van der Waals surface area contributed by atoms with Crippen molar-refractivity contribution in [3.63, 3.8) is 0 Å². The van der Waals surface area contributed by atoms with Crippen LogP contribution in [-0.2, 0) is 0 Å². The van der Waals surface area contributed by atoms with E-state index in [4.69, 9.17) is 0 Å². The van der Waals surface area contributed by atoms with Crippen molar-refractivity contribution >= 4 is 27.8 Å². The van der Waals surface area contributed by atoms with Crippen LogP contribution in [0.5, 0.6) is 0 Å². The van der Waals surface area contributed by atoms with Crippen molar-refractivity contribution in [2.24, 2.45) is 0 Å². The van der Waals surface area contributed by atoms with Gasteiger partial charge in [0.25, 0.3) is 0 Å². The van der Waals surface area contributed by atoms with Crippen LogP contribution in [0.3, 0.4) is 0 Å². The third kappa shape index (κ3) is 7.82. The Hall–Kier alpha value is -8.52. The minimum Gasteiger partial charge on any atom is -0.310 e. The smallest absolute Gasteiger partial charge is 0.0546 e. The van der Waals surface area contributed by atoms with Gasteiger partial charge in [0.2, 0.25) is 0 Å². The van der Waals surface area contributed by atoms with Gasteiger partial charge in [-0.25, -0.2) is 0 Å². The second-order valence-electron chi connectivity index (χ2n) is 16.4. The average molecular weight is 828 g/mol. The summed E-state index contributed by atoms with van der Waals surface area (Å²) in [6.45, 7) is 0. The van der Waals surface area contributed by atoms with Gasteiger partial charge in [0, 0.05) is 16.9 Å². The predicted molar refractivity (Wildman–Crippen MR) is 277 cm³/mol. The molecule has 0 saturated carbocycles. The van der Waals surface area contributed by atoms with E-state index >= 15 is 0 Å². The SMILES string of the molecule is c1ccc(-c2ccccc2-c2ccccc2-c2ccc(N(c3ccc(-c4ccc5ccccc5c4)cc3)c3ccc(-c4ccccc4)c(-c4ccccc4)c3-c3ccccc3)cc2)cc1. The van der Waals surface area contributed by atoms with E-state index in [-0.39, 0.29) is 0 Å². The molecule has 11 rings (SSSR count).